The molecule has 0 aromatic heterocycles. The average Bonchev–Trinajstić information content (AvgIpc) is 2.53. The number of ketones is 1. The van der Waals surface area contributed by atoms with Gasteiger partial charge in [-0.05, 0) is 12.0 Å². The molecule has 5 heteroatoms. The number of carbonyl (C=O) groups is 3. The van der Waals surface area contributed by atoms with Crippen LogP contribution in [-0.4, -0.2) is 29.4 Å². The predicted molar refractivity (Wildman–Crippen MR) is 86.4 cm³/mol. The third-order valence-corrected chi connectivity index (χ3v) is 3.52. The van der Waals surface area contributed by atoms with Gasteiger partial charge in [0.15, 0.2) is 0 Å². The number of esters is 1. The first-order valence-corrected chi connectivity index (χ1v) is 8.07. The lowest BCUT2D eigenvalue weighted by Gasteiger charge is -2.07. The molecule has 0 heterocycles. The Morgan fingerprint density at radius 2 is 1.65 bits per heavy atom. The van der Waals surface area contributed by atoms with Crippen LogP contribution in [0.3, 0.4) is 0 Å². The lowest BCUT2D eigenvalue weighted by atomic mass is 10.0. The summed E-state index contributed by atoms with van der Waals surface area (Å²) in [5, 5.41) is 8.85. The van der Waals surface area contributed by atoms with Crippen LogP contribution in [0.1, 0.15) is 61.4 Å². The second-order valence-electron chi connectivity index (χ2n) is 5.46. The molecule has 1 aromatic carbocycles. The van der Waals surface area contributed by atoms with Crippen molar-refractivity contribution < 1.29 is 24.2 Å². The molecule has 1 rings (SSSR count). The molecule has 0 spiro atoms. The highest BCUT2D eigenvalue weighted by molar-refractivity contribution is 6.41. The molecule has 0 aliphatic rings. The number of rotatable bonds is 11. The quantitative estimate of drug-likeness (QED) is 0.292. The molecule has 1 aromatic rings. The minimum absolute atomic E-state index is 0.0999. The van der Waals surface area contributed by atoms with Crippen LogP contribution >= 0.6 is 0 Å². The van der Waals surface area contributed by atoms with E-state index < -0.39 is 17.7 Å². The minimum Gasteiger partial charge on any atom is -0.481 e. The molecule has 5 nitrogen and oxygen atoms in total. The van der Waals surface area contributed by atoms with Gasteiger partial charge in [-0.1, -0.05) is 63.3 Å². The summed E-state index contributed by atoms with van der Waals surface area (Å²) in [7, 11) is 0. The number of benzene rings is 1. The van der Waals surface area contributed by atoms with Gasteiger partial charge in [0.25, 0.3) is 5.78 Å². The smallest absolute Gasteiger partial charge is 0.379 e. The van der Waals surface area contributed by atoms with Crippen LogP contribution in [-0.2, 0) is 20.7 Å². The Balaban J connectivity index is 2.45. The number of aliphatic carboxylic acids is 1. The Hall–Kier alpha value is -2.17. The van der Waals surface area contributed by atoms with Crippen LogP contribution in [0.2, 0.25) is 0 Å². The molecule has 0 bridgehead atoms. The molecule has 126 valence electrons. The van der Waals surface area contributed by atoms with Crippen molar-refractivity contribution in [2.75, 3.05) is 6.61 Å². The zero-order valence-electron chi connectivity index (χ0n) is 13.5. The second-order valence-corrected chi connectivity index (χ2v) is 5.46. The van der Waals surface area contributed by atoms with Crippen LogP contribution in [0, 0.1) is 0 Å². The number of hydrogen-bond acceptors (Lipinski definition) is 4. The molecular formula is C18H24O5. The summed E-state index contributed by atoms with van der Waals surface area (Å²) in [5.74, 6) is -2.75. The van der Waals surface area contributed by atoms with E-state index in [1.165, 1.54) is 31.4 Å². The lowest BCUT2D eigenvalue weighted by Crippen LogP contribution is -2.20. The topological polar surface area (TPSA) is 80.7 Å². The normalized spacial score (nSPS) is 10.3. The summed E-state index contributed by atoms with van der Waals surface area (Å²) in [6, 6.07) is 6.21. The zero-order valence-corrected chi connectivity index (χ0v) is 13.5. The van der Waals surface area contributed by atoms with Crippen LogP contribution in [0.4, 0.5) is 0 Å². The molecule has 23 heavy (non-hydrogen) atoms. The van der Waals surface area contributed by atoms with E-state index in [1.807, 2.05) is 0 Å². The summed E-state index contributed by atoms with van der Waals surface area (Å²) in [6.45, 7) is 2.37. The average molecular weight is 320 g/mol. The molecular weight excluding hydrogens is 296 g/mol. The fourth-order valence-electron chi connectivity index (χ4n) is 2.28. The Bertz CT molecular complexity index is 536. The Morgan fingerprint density at radius 1 is 1.00 bits per heavy atom. The third-order valence-electron chi connectivity index (χ3n) is 3.52. The van der Waals surface area contributed by atoms with Gasteiger partial charge in [0.1, 0.15) is 0 Å². The van der Waals surface area contributed by atoms with E-state index in [1.54, 1.807) is 12.1 Å². The van der Waals surface area contributed by atoms with Crippen molar-refractivity contribution in [2.24, 2.45) is 0 Å². The fraction of sp³-hybridized carbons (Fsp3) is 0.500. The molecule has 0 atom stereocenters. The van der Waals surface area contributed by atoms with Gasteiger partial charge in [-0.25, -0.2) is 4.79 Å². The molecule has 0 fully saturated rings. The van der Waals surface area contributed by atoms with Crippen molar-refractivity contribution in [3.05, 3.63) is 35.4 Å². The summed E-state index contributed by atoms with van der Waals surface area (Å²) < 4.78 is 4.99. The van der Waals surface area contributed by atoms with Crippen molar-refractivity contribution in [2.45, 2.75) is 51.9 Å². The van der Waals surface area contributed by atoms with Crippen molar-refractivity contribution in [3.8, 4) is 0 Å². The number of ether oxygens (including phenoxy) is 1. The molecule has 0 aliphatic heterocycles. The number of carboxylic acid groups (broad SMARTS) is 1. The highest BCUT2D eigenvalue weighted by atomic mass is 16.5. The number of carbonyl (C=O) groups excluding carboxylic acids is 2. The minimum atomic E-state index is -1.05. The molecule has 0 saturated carbocycles. The van der Waals surface area contributed by atoms with E-state index in [4.69, 9.17) is 9.84 Å². The Kier molecular flexibility index (Phi) is 8.65. The highest BCUT2D eigenvalue weighted by Crippen LogP contribution is 2.12. The largest absolute Gasteiger partial charge is 0.481 e. The lowest BCUT2D eigenvalue weighted by molar-refractivity contribution is -0.138. The zero-order chi connectivity index (χ0) is 17.1. The first-order valence-electron chi connectivity index (χ1n) is 8.07. The maximum absolute atomic E-state index is 12.1. The van der Waals surface area contributed by atoms with Crippen LogP contribution in [0.5, 0.6) is 0 Å². The van der Waals surface area contributed by atoms with E-state index in [2.05, 4.69) is 6.92 Å². The van der Waals surface area contributed by atoms with Gasteiger partial charge in [0.2, 0.25) is 0 Å². The van der Waals surface area contributed by atoms with Crippen LogP contribution < -0.4 is 0 Å². The van der Waals surface area contributed by atoms with E-state index >= 15 is 0 Å². The second kappa shape index (κ2) is 10.5. The van der Waals surface area contributed by atoms with Gasteiger partial charge in [0.05, 0.1) is 13.0 Å². The molecule has 0 unspecified atom stereocenters. The Labute approximate surface area is 136 Å². The monoisotopic (exact) mass is 320 g/mol. The first kappa shape index (κ1) is 18.9. The van der Waals surface area contributed by atoms with Crippen molar-refractivity contribution in [1.29, 1.82) is 0 Å². The van der Waals surface area contributed by atoms with Gasteiger partial charge in [-0.15, -0.1) is 0 Å². The molecule has 0 saturated heterocycles. The SMILES string of the molecule is CCCCCCCCOC(=O)C(=O)c1ccccc1CC(=O)O. The predicted octanol–water partition coefficient (Wildman–Crippen LogP) is 3.40. The maximum atomic E-state index is 12.1. The first-order chi connectivity index (χ1) is 11.1. The number of hydrogen-bond donors (Lipinski definition) is 1. The van der Waals surface area contributed by atoms with Crippen molar-refractivity contribution in [1.82, 2.24) is 0 Å². The van der Waals surface area contributed by atoms with Crippen molar-refractivity contribution in [3.63, 3.8) is 0 Å². The van der Waals surface area contributed by atoms with E-state index in [0.717, 1.165) is 19.3 Å². The molecule has 0 aliphatic carbocycles. The molecule has 0 radical (unpaired) electrons. The van der Waals surface area contributed by atoms with Gasteiger partial charge in [0, 0.05) is 5.56 Å². The number of unbranched alkanes of at least 4 members (excludes halogenated alkanes) is 5. The van der Waals surface area contributed by atoms with Gasteiger partial charge in [-0.2, -0.15) is 0 Å². The maximum Gasteiger partial charge on any atom is 0.379 e. The van der Waals surface area contributed by atoms with Gasteiger partial charge >= 0.3 is 11.9 Å². The fourth-order valence-corrected chi connectivity index (χ4v) is 2.28. The van der Waals surface area contributed by atoms with Crippen molar-refractivity contribution >= 4 is 17.7 Å². The molecule has 0 amide bonds. The third kappa shape index (κ3) is 7.08. The summed E-state index contributed by atoms with van der Waals surface area (Å²) in [6.07, 6.45) is 6.06. The van der Waals surface area contributed by atoms with E-state index in [0.29, 0.717) is 5.56 Å². The van der Waals surface area contributed by atoms with Crippen LogP contribution in [0.15, 0.2) is 24.3 Å². The van der Waals surface area contributed by atoms with E-state index in [9.17, 15) is 14.4 Å². The standard InChI is InChI=1S/C18H24O5/c1-2-3-4-5-6-9-12-23-18(22)17(21)15-11-8-7-10-14(15)13-16(19)20/h7-8,10-11H,2-6,9,12-13H2,1H3,(H,19,20). The number of Topliss-reactive ketones (excluding diaryl/α,β-unsaturated/α-hetero) is 1. The summed E-state index contributed by atoms with van der Waals surface area (Å²) in [4.78, 5) is 34.7. The molecule has 1 N–H and O–H groups in total. The van der Waals surface area contributed by atoms with E-state index in [-0.39, 0.29) is 18.6 Å². The van der Waals surface area contributed by atoms with Gasteiger partial charge in [-0.3, -0.25) is 9.59 Å². The highest BCUT2D eigenvalue weighted by Gasteiger charge is 2.21. The Morgan fingerprint density at radius 3 is 2.35 bits per heavy atom. The number of carboxylic acids is 1. The summed E-state index contributed by atoms with van der Waals surface area (Å²) in [5.41, 5.74) is 0.421. The van der Waals surface area contributed by atoms with Gasteiger partial charge < -0.3 is 9.84 Å². The van der Waals surface area contributed by atoms with Crippen LogP contribution in [0.25, 0.3) is 0 Å². The summed E-state index contributed by atoms with van der Waals surface area (Å²) >= 11 is 0.